The van der Waals surface area contributed by atoms with E-state index in [1.807, 2.05) is 24.3 Å². The molecule has 6 nitrogen and oxygen atoms in total. The number of allylic oxidation sites excluding steroid dienone is 2. The molecule has 2 aromatic heterocycles. The lowest BCUT2D eigenvalue weighted by Crippen LogP contribution is -2.24. The van der Waals surface area contributed by atoms with Gasteiger partial charge in [0.2, 0.25) is 17.6 Å². The molecule has 132 valence electrons. The lowest BCUT2D eigenvalue weighted by molar-refractivity contribution is -0.120. The SMILES string of the molecule is O=C(Nc1ccccc1Cc1nc(-c2ccco2)no1)[C@@H]1CC=CCC1. The Bertz CT molecular complexity index is 912. The van der Waals surface area contributed by atoms with E-state index in [4.69, 9.17) is 8.94 Å². The number of carbonyl (C=O) groups is 1. The molecule has 1 aliphatic rings. The maximum atomic E-state index is 12.5. The topological polar surface area (TPSA) is 81.2 Å². The fourth-order valence-corrected chi connectivity index (χ4v) is 3.06. The number of anilines is 1. The summed E-state index contributed by atoms with van der Waals surface area (Å²) in [6.07, 6.45) is 8.85. The van der Waals surface area contributed by atoms with Crippen molar-refractivity contribution in [2.45, 2.75) is 25.7 Å². The molecule has 2 heterocycles. The first kappa shape index (κ1) is 16.3. The zero-order valence-corrected chi connectivity index (χ0v) is 14.2. The van der Waals surface area contributed by atoms with Crippen LogP contribution < -0.4 is 5.32 Å². The van der Waals surface area contributed by atoms with Gasteiger partial charge in [-0.15, -0.1) is 0 Å². The van der Waals surface area contributed by atoms with Gasteiger partial charge in [0.25, 0.3) is 0 Å². The van der Waals surface area contributed by atoms with Crippen molar-refractivity contribution in [1.82, 2.24) is 10.1 Å². The smallest absolute Gasteiger partial charge is 0.238 e. The highest BCUT2D eigenvalue weighted by Gasteiger charge is 2.20. The molecule has 4 rings (SSSR count). The number of aromatic nitrogens is 2. The van der Waals surface area contributed by atoms with Crippen LogP contribution in [0.4, 0.5) is 5.69 Å². The summed E-state index contributed by atoms with van der Waals surface area (Å²) in [5, 5.41) is 7.00. The van der Waals surface area contributed by atoms with Crippen LogP contribution in [0.2, 0.25) is 0 Å². The second-order valence-corrected chi connectivity index (χ2v) is 6.29. The number of hydrogen-bond donors (Lipinski definition) is 1. The predicted molar refractivity (Wildman–Crippen MR) is 96.4 cm³/mol. The second-order valence-electron chi connectivity index (χ2n) is 6.29. The number of nitrogens with one attached hydrogen (secondary N) is 1. The normalized spacial score (nSPS) is 16.5. The molecule has 1 atom stereocenters. The van der Waals surface area contributed by atoms with Crippen LogP contribution in [-0.4, -0.2) is 16.0 Å². The lowest BCUT2D eigenvalue weighted by atomic mass is 9.93. The Hall–Kier alpha value is -3.15. The Morgan fingerprint density at radius 2 is 2.12 bits per heavy atom. The van der Waals surface area contributed by atoms with Crippen molar-refractivity contribution in [3.63, 3.8) is 0 Å². The summed E-state index contributed by atoms with van der Waals surface area (Å²) < 4.78 is 10.6. The van der Waals surface area contributed by atoms with Crippen LogP contribution in [-0.2, 0) is 11.2 Å². The Labute approximate surface area is 150 Å². The molecule has 0 bridgehead atoms. The van der Waals surface area contributed by atoms with E-state index in [0.29, 0.717) is 23.9 Å². The average Bonchev–Trinajstić information content (AvgIpc) is 3.36. The number of carbonyl (C=O) groups excluding carboxylic acids is 1. The average molecular weight is 349 g/mol. The Balaban J connectivity index is 1.49. The number of para-hydroxylation sites is 1. The molecule has 0 saturated carbocycles. The molecule has 0 fully saturated rings. The standard InChI is InChI=1S/C20H19N3O3/c24-20(14-7-2-1-3-8-14)21-16-10-5-4-9-15(16)13-18-22-19(23-26-18)17-11-6-12-25-17/h1-2,4-6,9-12,14H,3,7-8,13H2,(H,21,24)/t14-/m1/s1. The minimum absolute atomic E-state index is 0.0296. The van der Waals surface area contributed by atoms with Crippen LogP contribution in [0.25, 0.3) is 11.6 Å². The molecule has 1 amide bonds. The van der Waals surface area contributed by atoms with Gasteiger partial charge in [-0.2, -0.15) is 4.98 Å². The van der Waals surface area contributed by atoms with Crippen LogP contribution in [0.5, 0.6) is 0 Å². The van der Waals surface area contributed by atoms with E-state index in [2.05, 4.69) is 27.6 Å². The van der Waals surface area contributed by atoms with Crippen molar-refractivity contribution in [2.75, 3.05) is 5.32 Å². The highest BCUT2D eigenvalue weighted by Crippen LogP contribution is 2.24. The van der Waals surface area contributed by atoms with Crippen molar-refractivity contribution in [2.24, 2.45) is 5.92 Å². The van der Waals surface area contributed by atoms with Crippen molar-refractivity contribution < 1.29 is 13.7 Å². The highest BCUT2D eigenvalue weighted by atomic mass is 16.5. The van der Waals surface area contributed by atoms with Gasteiger partial charge in [0.1, 0.15) is 0 Å². The monoisotopic (exact) mass is 349 g/mol. The van der Waals surface area contributed by atoms with Crippen molar-refractivity contribution >= 4 is 11.6 Å². The molecular weight excluding hydrogens is 330 g/mol. The summed E-state index contributed by atoms with van der Waals surface area (Å²) in [4.78, 5) is 16.9. The fourth-order valence-electron chi connectivity index (χ4n) is 3.06. The zero-order chi connectivity index (χ0) is 17.8. The first-order chi connectivity index (χ1) is 12.8. The van der Waals surface area contributed by atoms with Gasteiger partial charge in [0.05, 0.1) is 12.7 Å². The summed E-state index contributed by atoms with van der Waals surface area (Å²) >= 11 is 0. The molecule has 26 heavy (non-hydrogen) atoms. The van der Waals surface area contributed by atoms with Gasteiger partial charge in [-0.1, -0.05) is 35.5 Å². The maximum absolute atomic E-state index is 12.5. The number of nitrogens with zero attached hydrogens (tertiary/aromatic N) is 2. The lowest BCUT2D eigenvalue weighted by Gasteiger charge is -2.18. The van der Waals surface area contributed by atoms with Crippen LogP contribution >= 0.6 is 0 Å². The minimum Gasteiger partial charge on any atom is -0.461 e. The number of rotatable bonds is 5. The van der Waals surface area contributed by atoms with Crippen molar-refractivity contribution in [3.8, 4) is 11.6 Å². The largest absolute Gasteiger partial charge is 0.461 e. The maximum Gasteiger partial charge on any atom is 0.238 e. The summed E-state index contributed by atoms with van der Waals surface area (Å²) in [5.74, 6) is 1.54. The van der Waals surface area contributed by atoms with Crippen molar-refractivity contribution in [3.05, 3.63) is 66.3 Å². The summed E-state index contributed by atoms with van der Waals surface area (Å²) in [6.45, 7) is 0. The first-order valence-electron chi connectivity index (χ1n) is 8.70. The van der Waals surface area contributed by atoms with Gasteiger partial charge >= 0.3 is 0 Å². The van der Waals surface area contributed by atoms with Crippen LogP contribution in [0.3, 0.4) is 0 Å². The third-order valence-electron chi connectivity index (χ3n) is 4.47. The van der Waals surface area contributed by atoms with E-state index < -0.39 is 0 Å². The quantitative estimate of drug-likeness (QED) is 0.698. The Morgan fingerprint density at radius 3 is 2.92 bits per heavy atom. The first-order valence-corrected chi connectivity index (χ1v) is 8.70. The van der Waals surface area contributed by atoms with Gasteiger partial charge < -0.3 is 14.3 Å². The summed E-state index contributed by atoms with van der Waals surface area (Å²) in [7, 11) is 0. The minimum atomic E-state index is 0.0296. The number of benzene rings is 1. The molecule has 3 aromatic rings. The molecule has 0 unspecified atom stereocenters. The van der Waals surface area contributed by atoms with E-state index in [9.17, 15) is 4.79 Å². The van der Waals surface area contributed by atoms with E-state index in [1.165, 1.54) is 0 Å². The number of furan rings is 1. The molecule has 0 saturated heterocycles. The second kappa shape index (κ2) is 7.39. The van der Waals surface area contributed by atoms with E-state index in [0.717, 1.165) is 30.5 Å². The Morgan fingerprint density at radius 1 is 1.19 bits per heavy atom. The molecular formula is C20H19N3O3. The number of amides is 1. The molecule has 0 aliphatic heterocycles. The molecule has 1 N–H and O–H groups in total. The van der Waals surface area contributed by atoms with Crippen LogP contribution in [0.1, 0.15) is 30.7 Å². The fraction of sp³-hybridized carbons (Fsp3) is 0.250. The van der Waals surface area contributed by atoms with Gasteiger partial charge in [-0.05, 0) is 43.0 Å². The molecule has 1 aromatic carbocycles. The van der Waals surface area contributed by atoms with E-state index in [-0.39, 0.29) is 11.8 Å². The molecule has 1 aliphatic carbocycles. The molecule has 0 radical (unpaired) electrons. The van der Waals surface area contributed by atoms with Gasteiger partial charge in [0, 0.05) is 11.6 Å². The third-order valence-corrected chi connectivity index (χ3v) is 4.47. The predicted octanol–water partition coefficient (Wildman–Crippen LogP) is 4.22. The molecule has 6 heteroatoms. The summed E-state index contributed by atoms with van der Waals surface area (Å²) in [6, 6.07) is 11.2. The summed E-state index contributed by atoms with van der Waals surface area (Å²) in [5.41, 5.74) is 1.71. The third kappa shape index (κ3) is 3.59. The van der Waals surface area contributed by atoms with Crippen LogP contribution in [0, 0.1) is 5.92 Å². The molecule has 0 spiro atoms. The van der Waals surface area contributed by atoms with E-state index in [1.54, 1.807) is 18.4 Å². The van der Waals surface area contributed by atoms with Gasteiger partial charge in [0.15, 0.2) is 5.76 Å². The zero-order valence-electron chi connectivity index (χ0n) is 14.2. The van der Waals surface area contributed by atoms with Gasteiger partial charge in [-0.25, -0.2) is 0 Å². The highest BCUT2D eigenvalue weighted by molar-refractivity contribution is 5.93. The van der Waals surface area contributed by atoms with E-state index >= 15 is 0 Å². The van der Waals surface area contributed by atoms with Crippen LogP contribution in [0.15, 0.2) is 63.8 Å². The van der Waals surface area contributed by atoms with Gasteiger partial charge in [-0.3, -0.25) is 4.79 Å². The number of hydrogen-bond acceptors (Lipinski definition) is 5. The van der Waals surface area contributed by atoms with Crippen molar-refractivity contribution in [1.29, 1.82) is 0 Å². The Kier molecular flexibility index (Phi) is 4.64.